The summed E-state index contributed by atoms with van der Waals surface area (Å²) in [5, 5.41) is 13.4. The van der Waals surface area contributed by atoms with Gasteiger partial charge in [0.1, 0.15) is 11.6 Å². The van der Waals surface area contributed by atoms with Gasteiger partial charge in [-0.15, -0.1) is 15.3 Å². The lowest BCUT2D eigenvalue weighted by Gasteiger charge is -2.30. The van der Waals surface area contributed by atoms with Gasteiger partial charge in [-0.05, 0) is 51.1 Å². The number of hydrogen-bond acceptors (Lipinski definition) is 7. The molecular formula is C18H24N8. The second kappa shape index (κ2) is 6.95. The molecule has 1 aliphatic heterocycles. The summed E-state index contributed by atoms with van der Waals surface area (Å²) < 4.78 is 1.91. The second-order valence-electron chi connectivity index (χ2n) is 7.06. The fourth-order valence-corrected chi connectivity index (χ4v) is 3.46. The van der Waals surface area contributed by atoms with Gasteiger partial charge in [0, 0.05) is 32.8 Å². The summed E-state index contributed by atoms with van der Waals surface area (Å²) in [6, 6.07) is 5.95. The van der Waals surface area contributed by atoms with E-state index in [-0.39, 0.29) is 0 Å². The normalized spacial score (nSPS) is 16.3. The summed E-state index contributed by atoms with van der Waals surface area (Å²) in [5.74, 6) is 3.10. The molecule has 0 unspecified atom stereocenters. The van der Waals surface area contributed by atoms with E-state index in [1.165, 1.54) is 0 Å². The molecule has 1 saturated heterocycles. The van der Waals surface area contributed by atoms with Crippen LogP contribution in [-0.4, -0.2) is 61.9 Å². The number of anilines is 1. The molecule has 8 nitrogen and oxygen atoms in total. The Labute approximate surface area is 152 Å². The molecule has 26 heavy (non-hydrogen) atoms. The number of nitrogens with zero attached hydrogens (tertiary/aromatic N) is 8. The van der Waals surface area contributed by atoms with Gasteiger partial charge in [-0.2, -0.15) is 4.52 Å². The predicted molar refractivity (Wildman–Crippen MR) is 99.1 cm³/mol. The molecule has 0 radical (unpaired) electrons. The Bertz CT molecular complexity index is 895. The van der Waals surface area contributed by atoms with Crippen molar-refractivity contribution in [2.75, 3.05) is 32.1 Å². The molecule has 3 aromatic heterocycles. The number of aryl methyl sites for hydroxylation is 1. The van der Waals surface area contributed by atoms with Gasteiger partial charge in [0.15, 0.2) is 11.5 Å². The maximum Gasteiger partial charge on any atom is 0.178 e. The van der Waals surface area contributed by atoms with Crippen molar-refractivity contribution < 1.29 is 0 Å². The Morgan fingerprint density at radius 1 is 1.12 bits per heavy atom. The number of rotatable bonds is 4. The number of piperidine rings is 1. The number of likely N-dealkylation sites (tertiary alicyclic amines) is 1. The highest BCUT2D eigenvalue weighted by Gasteiger charge is 2.25. The molecule has 0 aliphatic carbocycles. The summed E-state index contributed by atoms with van der Waals surface area (Å²) in [4.78, 5) is 13.1. The number of fused-ring (bicyclic) bond motifs is 1. The summed E-state index contributed by atoms with van der Waals surface area (Å²) in [6.07, 6.45) is 3.94. The summed E-state index contributed by atoms with van der Waals surface area (Å²) in [7, 11) is 3.98. The van der Waals surface area contributed by atoms with Crippen molar-refractivity contribution in [3.05, 3.63) is 41.7 Å². The first kappa shape index (κ1) is 16.8. The van der Waals surface area contributed by atoms with E-state index in [2.05, 4.69) is 25.1 Å². The highest BCUT2D eigenvalue weighted by atomic mass is 15.4. The van der Waals surface area contributed by atoms with Crippen molar-refractivity contribution in [2.45, 2.75) is 32.2 Å². The van der Waals surface area contributed by atoms with E-state index in [0.717, 1.165) is 61.3 Å². The van der Waals surface area contributed by atoms with Gasteiger partial charge in [-0.3, -0.25) is 4.90 Å². The van der Waals surface area contributed by atoms with Gasteiger partial charge in [-0.1, -0.05) is 0 Å². The first-order valence-corrected chi connectivity index (χ1v) is 9.01. The first-order chi connectivity index (χ1) is 12.6. The Hall–Kier alpha value is -2.61. The van der Waals surface area contributed by atoms with E-state index in [4.69, 9.17) is 5.10 Å². The fourth-order valence-electron chi connectivity index (χ4n) is 3.46. The lowest BCUT2D eigenvalue weighted by Crippen LogP contribution is -2.33. The number of hydrogen-bond donors (Lipinski definition) is 0. The van der Waals surface area contributed by atoms with Crippen LogP contribution in [0.1, 0.15) is 36.1 Å². The molecule has 0 bridgehead atoms. The fraction of sp³-hybridized carbons (Fsp3) is 0.500. The molecule has 0 N–H and O–H groups in total. The van der Waals surface area contributed by atoms with Crippen LogP contribution in [0.3, 0.4) is 0 Å². The van der Waals surface area contributed by atoms with Gasteiger partial charge in [0.05, 0.1) is 5.69 Å². The third kappa shape index (κ3) is 3.37. The van der Waals surface area contributed by atoms with E-state index < -0.39 is 0 Å². The summed E-state index contributed by atoms with van der Waals surface area (Å²) >= 11 is 0. The van der Waals surface area contributed by atoms with E-state index in [0.29, 0.717) is 5.92 Å². The van der Waals surface area contributed by atoms with Gasteiger partial charge in [0.2, 0.25) is 0 Å². The van der Waals surface area contributed by atoms with Crippen LogP contribution < -0.4 is 4.90 Å². The van der Waals surface area contributed by atoms with Crippen molar-refractivity contribution >= 4 is 11.5 Å². The van der Waals surface area contributed by atoms with Crippen molar-refractivity contribution in [2.24, 2.45) is 0 Å². The van der Waals surface area contributed by atoms with Gasteiger partial charge < -0.3 is 4.90 Å². The van der Waals surface area contributed by atoms with E-state index >= 15 is 0 Å². The summed E-state index contributed by atoms with van der Waals surface area (Å²) in [5.41, 5.74) is 1.89. The molecule has 0 atom stereocenters. The Balaban J connectivity index is 1.46. The van der Waals surface area contributed by atoms with Crippen molar-refractivity contribution in [3.63, 3.8) is 0 Å². The maximum absolute atomic E-state index is 4.69. The van der Waals surface area contributed by atoms with Crippen LogP contribution >= 0.6 is 0 Å². The maximum atomic E-state index is 4.69. The zero-order valence-corrected chi connectivity index (χ0v) is 15.5. The van der Waals surface area contributed by atoms with Crippen LogP contribution in [0.2, 0.25) is 0 Å². The smallest absolute Gasteiger partial charge is 0.178 e. The highest BCUT2D eigenvalue weighted by Crippen LogP contribution is 2.27. The van der Waals surface area contributed by atoms with Gasteiger partial charge in [0.25, 0.3) is 0 Å². The standard InChI is InChI=1S/C18H24N8/c1-13-19-9-6-15(20-13)12-25-10-7-14(8-11-25)18-22-21-16-4-5-17(24(2)3)23-26(16)18/h4-6,9,14H,7-8,10-12H2,1-3H3. The number of aromatic nitrogens is 6. The Kier molecular flexibility index (Phi) is 4.50. The molecule has 0 amide bonds. The third-order valence-electron chi connectivity index (χ3n) is 4.90. The highest BCUT2D eigenvalue weighted by molar-refractivity contribution is 5.45. The van der Waals surface area contributed by atoms with Gasteiger partial charge in [-0.25, -0.2) is 9.97 Å². The molecule has 4 heterocycles. The SMILES string of the molecule is Cc1nccc(CN2CCC(c3nnc4ccc(N(C)C)nn34)CC2)n1. The van der Waals surface area contributed by atoms with Crippen LogP contribution in [0.4, 0.5) is 5.82 Å². The van der Waals surface area contributed by atoms with Crippen molar-refractivity contribution in [3.8, 4) is 0 Å². The summed E-state index contributed by atoms with van der Waals surface area (Å²) in [6.45, 7) is 4.85. The quantitative estimate of drug-likeness (QED) is 0.707. The average Bonchev–Trinajstić information content (AvgIpc) is 3.05. The minimum absolute atomic E-state index is 0.387. The van der Waals surface area contributed by atoms with Gasteiger partial charge >= 0.3 is 0 Å². The lowest BCUT2D eigenvalue weighted by molar-refractivity contribution is 0.198. The third-order valence-corrected chi connectivity index (χ3v) is 4.90. The zero-order chi connectivity index (χ0) is 18.1. The molecule has 8 heteroatoms. The average molecular weight is 352 g/mol. The van der Waals surface area contributed by atoms with Crippen LogP contribution in [0.15, 0.2) is 24.4 Å². The molecule has 1 aliphatic rings. The molecule has 3 aromatic rings. The van der Waals surface area contributed by atoms with Crippen LogP contribution in [-0.2, 0) is 6.54 Å². The minimum Gasteiger partial charge on any atom is -0.361 e. The molecule has 1 fully saturated rings. The van der Waals surface area contributed by atoms with Crippen molar-refractivity contribution in [1.29, 1.82) is 0 Å². The molecular weight excluding hydrogens is 328 g/mol. The zero-order valence-electron chi connectivity index (χ0n) is 15.5. The lowest BCUT2D eigenvalue weighted by atomic mass is 9.96. The molecule has 0 aromatic carbocycles. The van der Waals surface area contributed by atoms with Crippen molar-refractivity contribution in [1.82, 2.24) is 34.7 Å². The Morgan fingerprint density at radius 2 is 1.92 bits per heavy atom. The monoisotopic (exact) mass is 352 g/mol. The Morgan fingerprint density at radius 3 is 2.65 bits per heavy atom. The molecule has 136 valence electrons. The first-order valence-electron chi connectivity index (χ1n) is 9.01. The predicted octanol–water partition coefficient (Wildman–Crippen LogP) is 1.67. The second-order valence-corrected chi connectivity index (χ2v) is 7.06. The largest absolute Gasteiger partial charge is 0.361 e. The van der Waals surface area contributed by atoms with E-state index in [1.54, 1.807) is 0 Å². The van der Waals surface area contributed by atoms with Crippen LogP contribution in [0.5, 0.6) is 0 Å². The molecule has 0 spiro atoms. The molecule has 4 rings (SSSR count). The van der Waals surface area contributed by atoms with Crippen LogP contribution in [0.25, 0.3) is 5.65 Å². The van der Waals surface area contributed by atoms with E-state index in [1.807, 2.05) is 54.8 Å². The van der Waals surface area contributed by atoms with E-state index in [9.17, 15) is 0 Å². The molecule has 0 saturated carbocycles. The minimum atomic E-state index is 0.387. The van der Waals surface area contributed by atoms with Crippen LogP contribution in [0, 0.1) is 6.92 Å². The topological polar surface area (TPSA) is 75.3 Å².